The van der Waals surface area contributed by atoms with Crippen LogP contribution in [0, 0.1) is 0 Å². The third-order valence-corrected chi connectivity index (χ3v) is 3.01. The Bertz CT molecular complexity index is 576. The van der Waals surface area contributed by atoms with Crippen molar-refractivity contribution in [3.8, 4) is 0 Å². The molecule has 1 aromatic carbocycles. The zero-order chi connectivity index (χ0) is 13.1. The summed E-state index contributed by atoms with van der Waals surface area (Å²) in [6, 6.07) is 7.89. The first-order valence-corrected chi connectivity index (χ1v) is 6.30. The van der Waals surface area contributed by atoms with Crippen LogP contribution in [0.3, 0.4) is 0 Å². The summed E-state index contributed by atoms with van der Waals surface area (Å²) in [5, 5.41) is 3.76. The van der Waals surface area contributed by atoms with E-state index in [4.69, 9.17) is 0 Å². The van der Waals surface area contributed by atoms with E-state index in [0.29, 0.717) is 18.0 Å². The lowest BCUT2D eigenvalue weighted by atomic mass is 9.99. The summed E-state index contributed by atoms with van der Waals surface area (Å²) in [5.41, 5.74) is 2.79. The molecule has 0 saturated heterocycles. The molecule has 0 radical (unpaired) electrons. The van der Waals surface area contributed by atoms with Crippen molar-refractivity contribution in [1.82, 2.24) is 10.3 Å². The maximum atomic E-state index is 12.0. The molecule has 18 heavy (non-hydrogen) atoms. The predicted octanol–water partition coefficient (Wildman–Crippen LogP) is 3.11. The summed E-state index contributed by atoms with van der Waals surface area (Å²) < 4.78 is 0. The summed E-state index contributed by atoms with van der Waals surface area (Å²) in [6.45, 7) is 6.83. The number of nitrogens with one attached hydrogen (secondary N) is 1. The van der Waals surface area contributed by atoms with Crippen molar-refractivity contribution in [3.63, 3.8) is 0 Å². The lowest BCUT2D eigenvalue weighted by Gasteiger charge is -2.10. The van der Waals surface area contributed by atoms with E-state index >= 15 is 0 Å². The molecule has 0 unspecified atom stereocenters. The van der Waals surface area contributed by atoms with Gasteiger partial charge in [0.15, 0.2) is 0 Å². The van der Waals surface area contributed by atoms with Gasteiger partial charge in [-0.25, -0.2) is 0 Å². The van der Waals surface area contributed by atoms with Gasteiger partial charge >= 0.3 is 0 Å². The molecule has 0 aliphatic rings. The Morgan fingerprint density at radius 2 is 2.11 bits per heavy atom. The van der Waals surface area contributed by atoms with Crippen LogP contribution in [-0.4, -0.2) is 17.4 Å². The highest BCUT2D eigenvalue weighted by Gasteiger charge is 2.10. The first-order valence-electron chi connectivity index (χ1n) is 6.30. The smallest absolute Gasteiger partial charge is 0.252 e. The number of hydrogen-bond acceptors (Lipinski definition) is 2. The van der Waals surface area contributed by atoms with Crippen molar-refractivity contribution >= 4 is 16.8 Å². The number of benzene rings is 1. The molecule has 1 amide bonds. The number of nitrogens with zero attached hydrogens (tertiary/aromatic N) is 1. The molecule has 0 atom stereocenters. The van der Waals surface area contributed by atoms with Gasteiger partial charge in [0.2, 0.25) is 0 Å². The van der Waals surface area contributed by atoms with Crippen molar-refractivity contribution < 1.29 is 4.79 Å². The molecule has 1 aromatic heterocycles. The van der Waals surface area contributed by atoms with Gasteiger partial charge in [0.1, 0.15) is 0 Å². The van der Waals surface area contributed by atoms with E-state index in [2.05, 4.69) is 36.3 Å². The van der Waals surface area contributed by atoms with Crippen LogP contribution in [0.15, 0.2) is 30.5 Å². The Morgan fingerprint density at radius 3 is 2.78 bits per heavy atom. The second kappa shape index (κ2) is 5.17. The molecule has 0 saturated carbocycles. The van der Waals surface area contributed by atoms with Gasteiger partial charge in [-0.05, 0) is 36.6 Å². The first kappa shape index (κ1) is 12.6. The monoisotopic (exact) mass is 242 g/mol. The number of rotatable bonds is 3. The summed E-state index contributed by atoms with van der Waals surface area (Å²) in [5.74, 6) is 0.405. The van der Waals surface area contributed by atoms with Crippen molar-refractivity contribution in [2.45, 2.75) is 26.7 Å². The molecular weight excluding hydrogens is 224 g/mol. The highest BCUT2D eigenvalue weighted by molar-refractivity contribution is 6.06. The van der Waals surface area contributed by atoms with E-state index in [1.54, 1.807) is 12.3 Å². The van der Waals surface area contributed by atoms with Gasteiger partial charge < -0.3 is 5.32 Å². The highest BCUT2D eigenvalue weighted by Crippen LogP contribution is 2.22. The van der Waals surface area contributed by atoms with Crippen LogP contribution in [0.1, 0.15) is 42.6 Å². The molecule has 0 aliphatic carbocycles. The van der Waals surface area contributed by atoms with Crippen molar-refractivity contribution in [3.05, 3.63) is 41.6 Å². The molecular formula is C15H18N2O. The van der Waals surface area contributed by atoms with E-state index in [0.717, 1.165) is 10.9 Å². The van der Waals surface area contributed by atoms with Crippen molar-refractivity contribution in [1.29, 1.82) is 0 Å². The van der Waals surface area contributed by atoms with E-state index in [1.807, 2.05) is 13.0 Å². The number of fused-ring (bicyclic) bond motifs is 1. The standard InChI is InChI=1S/C15H18N2O/c1-4-16-15(18)12-7-8-17-14-6-5-11(10(2)3)9-13(12)14/h5-10H,4H2,1-3H3,(H,16,18). The van der Waals surface area contributed by atoms with Gasteiger partial charge in [-0.1, -0.05) is 19.9 Å². The second-order valence-corrected chi connectivity index (χ2v) is 4.65. The molecule has 1 heterocycles. The second-order valence-electron chi connectivity index (χ2n) is 4.65. The van der Waals surface area contributed by atoms with E-state index < -0.39 is 0 Å². The Morgan fingerprint density at radius 1 is 1.33 bits per heavy atom. The lowest BCUT2D eigenvalue weighted by molar-refractivity contribution is 0.0957. The van der Waals surface area contributed by atoms with Gasteiger partial charge in [-0.2, -0.15) is 0 Å². The van der Waals surface area contributed by atoms with Gasteiger partial charge in [-0.3, -0.25) is 9.78 Å². The average molecular weight is 242 g/mol. The number of carbonyl (C=O) groups excluding carboxylic acids is 1. The molecule has 0 fully saturated rings. The Kier molecular flexibility index (Phi) is 3.60. The Hall–Kier alpha value is -1.90. The van der Waals surface area contributed by atoms with Crippen molar-refractivity contribution in [2.75, 3.05) is 6.54 Å². The van der Waals surface area contributed by atoms with Gasteiger partial charge in [0, 0.05) is 18.1 Å². The lowest BCUT2D eigenvalue weighted by Crippen LogP contribution is -2.22. The summed E-state index contributed by atoms with van der Waals surface area (Å²) in [4.78, 5) is 16.3. The van der Waals surface area contributed by atoms with E-state index in [-0.39, 0.29) is 5.91 Å². The van der Waals surface area contributed by atoms with Crippen LogP contribution in [0.25, 0.3) is 10.9 Å². The third-order valence-electron chi connectivity index (χ3n) is 3.01. The molecule has 2 aromatic rings. The molecule has 94 valence electrons. The van der Waals surface area contributed by atoms with Crippen LogP contribution in [0.2, 0.25) is 0 Å². The van der Waals surface area contributed by atoms with E-state index in [1.165, 1.54) is 5.56 Å². The number of carbonyl (C=O) groups is 1. The minimum Gasteiger partial charge on any atom is -0.352 e. The maximum Gasteiger partial charge on any atom is 0.252 e. The Balaban J connectivity index is 2.58. The van der Waals surface area contributed by atoms with Gasteiger partial charge in [0.25, 0.3) is 5.91 Å². The van der Waals surface area contributed by atoms with Crippen LogP contribution >= 0.6 is 0 Å². The SMILES string of the molecule is CCNC(=O)c1ccnc2ccc(C(C)C)cc12. The molecule has 0 bridgehead atoms. The third kappa shape index (κ3) is 2.35. The zero-order valence-electron chi connectivity index (χ0n) is 11.0. The van der Waals surface area contributed by atoms with E-state index in [9.17, 15) is 4.79 Å². The quantitative estimate of drug-likeness (QED) is 0.898. The van der Waals surface area contributed by atoms with Crippen LogP contribution in [-0.2, 0) is 0 Å². The molecule has 1 N–H and O–H groups in total. The van der Waals surface area contributed by atoms with Crippen LogP contribution in [0.4, 0.5) is 0 Å². The van der Waals surface area contributed by atoms with Gasteiger partial charge in [-0.15, -0.1) is 0 Å². The fraction of sp³-hybridized carbons (Fsp3) is 0.333. The minimum atomic E-state index is -0.0363. The highest BCUT2D eigenvalue weighted by atomic mass is 16.1. The normalized spacial score (nSPS) is 10.9. The zero-order valence-corrected chi connectivity index (χ0v) is 11.0. The van der Waals surface area contributed by atoms with Crippen LogP contribution < -0.4 is 5.32 Å². The minimum absolute atomic E-state index is 0.0363. The number of aromatic nitrogens is 1. The fourth-order valence-corrected chi connectivity index (χ4v) is 1.98. The van der Waals surface area contributed by atoms with Crippen LogP contribution in [0.5, 0.6) is 0 Å². The van der Waals surface area contributed by atoms with Gasteiger partial charge in [0.05, 0.1) is 11.1 Å². The summed E-state index contributed by atoms with van der Waals surface area (Å²) in [6.07, 6.45) is 1.68. The number of amides is 1. The topological polar surface area (TPSA) is 42.0 Å². The summed E-state index contributed by atoms with van der Waals surface area (Å²) >= 11 is 0. The maximum absolute atomic E-state index is 12.0. The fourth-order valence-electron chi connectivity index (χ4n) is 1.98. The summed E-state index contributed by atoms with van der Waals surface area (Å²) in [7, 11) is 0. The largest absolute Gasteiger partial charge is 0.352 e. The molecule has 0 aliphatic heterocycles. The number of hydrogen-bond donors (Lipinski definition) is 1. The average Bonchev–Trinajstić information content (AvgIpc) is 2.37. The molecule has 3 heteroatoms. The molecule has 2 rings (SSSR count). The predicted molar refractivity (Wildman–Crippen MR) is 73.8 cm³/mol. The molecule has 0 spiro atoms. The van der Waals surface area contributed by atoms with Crippen molar-refractivity contribution in [2.24, 2.45) is 0 Å². The first-order chi connectivity index (χ1) is 8.63. The Labute approximate surface area is 107 Å². The molecule has 3 nitrogen and oxygen atoms in total. The number of pyridine rings is 1.